The third-order valence-electron chi connectivity index (χ3n) is 9.27. The first kappa shape index (κ1) is 45.8. The summed E-state index contributed by atoms with van der Waals surface area (Å²) < 4.78 is 1.75. The van der Waals surface area contributed by atoms with Crippen molar-refractivity contribution in [2.75, 3.05) is 0 Å². The summed E-state index contributed by atoms with van der Waals surface area (Å²) >= 11 is 1.65. The van der Waals surface area contributed by atoms with E-state index < -0.39 is 0 Å². The van der Waals surface area contributed by atoms with Crippen molar-refractivity contribution in [1.29, 1.82) is 0 Å². The summed E-state index contributed by atoms with van der Waals surface area (Å²) in [7, 11) is 0. The van der Waals surface area contributed by atoms with Crippen molar-refractivity contribution < 1.29 is 49.0 Å². The second-order valence-corrected chi connectivity index (χ2v) is 19.0. The fraction of sp³-hybridized carbons (Fsp3) is 0.408. The maximum absolute atomic E-state index is 3.91. The monoisotopic (exact) mass is 808 g/mol. The molecule has 0 atom stereocenters. The third-order valence-corrected chi connectivity index (χ3v) is 10.3. The molecule has 0 aliphatic heterocycles. The van der Waals surface area contributed by atoms with Crippen molar-refractivity contribution in [3.63, 3.8) is 0 Å². The van der Waals surface area contributed by atoms with Gasteiger partial charge in [-0.1, -0.05) is 130 Å². The van der Waals surface area contributed by atoms with Crippen molar-refractivity contribution in [3.05, 3.63) is 130 Å². The second kappa shape index (κ2) is 19.9. The van der Waals surface area contributed by atoms with Crippen LogP contribution in [0.3, 0.4) is 0 Å². The molecule has 2 aliphatic rings. The summed E-state index contributed by atoms with van der Waals surface area (Å²) in [5.41, 5.74) is 16.1. The van der Waals surface area contributed by atoms with E-state index in [1.165, 1.54) is 79.6 Å². The minimum absolute atomic E-state index is 0. The first-order chi connectivity index (χ1) is 23.4. The predicted octanol–water partition coefficient (Wildman–Crippen LogP) is 7.72. The van der Waals surface area contributed by atoms with Gasteiger partial charge in [-0.05, 0) is 53.4 Å². The normalized spacial score (nSPS) is 12.6. The molecule has 276 valence electrons. The number of rotatable bonds is 6. The predicted molar refractivity (Wildman–Crippen MR) is 217 cm³/mol. The molecule has 0 aromatic heterocycles. The van der Waals surface area contributed by atoms with Crippen molar-refractivity contribution in [2.24, 2.45) is 11.8 Å². The van der Waals surface area contributed by atoms with E-state index >= 15 is 0 Å². The molecule has 0 unspecified atom stereocenters. The fourth-order valence-corrected chi connectivity index (χ4v) is 8.75. The van der Waals surface area contributed by atoms with E-state index in [1.54, 1.807) is 27.4 Å². The van der Waals surface area contributed by atoms with Crippen LogP contribution in [0.2, 0.25) is 0 Å². The van der Waals surface area contributed by atoms with E-state index in [1.807, 2.05) is 12.2 Å². The number of hydrogen-bond donors (Lipinski definition) is 0. The topological polar surface area (TPSA) is 0 Å². The number of allylic oxidation sites excluding steroid dienone is 4. The average Bonchev–Trinajstić information content (AvgIpc) is 3.71. The Kier molecular flexibility index (Phi) is 17.5. The quantitative estimate of drug-likeness (QED) is 0.154. The molecule has 0 bridgehead atoms. The van der Waals surface area contributed by atoms with Crippen molar-refractivity contribution >= 4 is 3.21 Å². The van der Waals surface area contributed by atoms with Crippen molar-refractivity contribution in [2.45, 2.75) is 120 Å². The Morgan fingerprint density at radius 3 is 1.60 bits per heavy atom. The number of hydrogen-bond acceptors (Lipinski definition) is 0. The Bertz CT molecular complexity index is 1690. The van der Waals surface area contributed by atoms with E-state index in [-0.39, 0.29) is 35.6 Å². The van der Waals surface area contributed by atoms with E-state index in [4.69, 9.17) is 0 Å². The van der Waals surface area contributed by atoms with Crippen LogP contribution in [-0.2, 0) is 41.5 Å². The second-order valence-electron chi connectivity index (χ2n) is 17.2. The molecule has 2 aliphatic carbocycles. The summed E-state index contributed by atoms with van der Waals surface area (Å²) in [6.45, 7) is 27.4. The molecule has 6 rings (SSSR count). The third kappa shape index (κ3) is 12.6. The molecule has 0 heterocycles. The molecule has 3 heteroatoms. The fourth-order valence-electron chi connectivity index (χ4n) is 6.74. The smallest absolute Gasteiger partial charge is 0.0126 e. The molecule has 0 amide bonds. The molecular formula is C49H60Cl2Zr-2. The van der Waals surface area contributed by atoms with Gasteiger partial charge in [-0.3, -0.25) is 6.08 Å². The SMILES string of the molecule is CC(C)C[C](=[Zr+2])CC(C)C.Cc1ccc(-c2[c-]c3c(cc2C(C)(C)C)-c2cc(C(C)(C)C)c(-c4ccc(C)cc4)cc2C3)cc1.[C-]1=CC=CC1.[Cl-].[Cl-]. The van der Waals surface area contributed by atoms with Gasteiger partial charge in [0.2, 0.25) is 0 Å². The number of aryl methyl sites for hydroxylation is 2. The molecule has 4 aromatic rings. The van der Waals surface area contributed by atoms with Crippen LogP contribution in [-0.4, -0.2) is 3.21 Å². The van der Waals surface area contributed by atoms with Gasteiger partial charge in [0, 0.05) is 0 Å². The van der Waals surface area contributed by atoms with E-state index in [2.05, 4.69) is 168 Å². The molecule has 0 fully saturated rings. The molecule has 0 radical (unpaired) electrons. The van der Waals surface area contributed by atoms with Crippen LogP contribution < -0.4 is 24.8 Å². The molecule has 0 N–H and O–H groups in total. The van der Waals surface area contributed by atoms with Crippen LogP contribution in [0, 0.1) is 37.8 Å². The minimum atomic E-state index is 0. The molecule has 4 aromatic carbocycles. The number of benzene rings is 4. The molecule has 0 saturated heterocycles. The van der Waals surface area contributed by atoms with Gasteiger partial charge in [0.1, 0.15) is 0 Å². The molecule has 0 saturated carbocycles. The van der Waals surface area contributed by atoms with Crippen molar-refractivity contribution in [1.82, 2.24) is 0 Å². The Morgan fingerprint density at radius 1 is 0.673 bits per heavy atom. The average molecular weight is 811 g/mol. The van der Waals surface area contributed by atoms with Gasteiger partial charge in [-0.2, -0.15) is 6.08 Å². The zero-order chi connectivity index (χ0) is 36.8. The van der Waals surface area contributed by atoms with Crippen LogP contribution in [0.5, 0.6) is 0 Å². The minimum Gasteiger partial charge on any atom is -1.00 e. The van der Waals surface area contributed by atoms with Crippen LogP contribution in [0.15, 0.2) is 85.0 Å². The first-order valence-corrected chi connectivity index (χ1v) is 19.9. The summed E-state index contributed by atoms with van der Waals surface area (Å²) in [5.74, 6) is 1.71. The first-order valence-electron chi connectivity index (χ1n) is 18.6. The summed E-state index contributed by atoms with van der Waals surface area (Å²) in [5, 5.41) is 0. The Balaban J connectivity index is 0.000000462. The van der Waals surface area contributed by atoms with Crippen LogP contribution in [0.4, 0.5) is 0 Å². The summed E-state index contributed by atoms with van der Waals surface area (Å²) in [6.07, 6.45) is 13.6. The number of halogens is 2. The van der Waals surface area contributed by atoms with Gasteiger partial charge in [-0.25, -0.2) is 12.2 Å². The molecular weight excluding hydrogens is 751 g/mol. The van der Waals surface area contributed by atoms with E-state index in [0.29, 0.717) is 0 Å². The van der Waals surface area contributed by atoms with Gasteiger partial charge in [0.25, 0.3) is 0 Å². The van der Waals surface area contributed by atoms with Gasteiger partial charge < -0.3 is 24.8 Å². The Hall–Kier alpha value is -2.31. The van der Waals surface area contributed by atoms with Gasteiger partial charge in [-0.15, -0.1) is 35.2 Å². The molecule has 52 heavy (non-hydrogen) atoms. The van der Waals surface area contributed by atoms with Gasteiger partial charge in [0.05, 0.1) is 0 Å². The summed E-state index contributed by atoms with van der Waals surface area (Å²) in [4.78, 5) is 0. The largest absolute Gasteiger partial charge is 1.00 e. The van der Waals surface area contributed by atoms with Crippen LogP contribution >= 0.6 is 0 Å². The summed E-state index contributed by atoms with van der Waals surface area (Å²) in [6, 6.07) is 29.2. The van der Waals surface area contributed by atoms with Crippen LogP contribution in [0.25, 0.3) is 33.4 Å². The Labute approximate surface area is 345 Å². The molecule has 0 nitrogen and oxygen atoms in total. The zero-order valence-electron chi connectivity index (χ0n) is 33.8. The standard InChI is InChI=1S/C35H37.C9H18.C5H5.2ClH.Zr/c1-22-9-13-24(14-10-22)30-18-26-17-27-19-31(25-15-11-23(2)12-16-25)33(35(6,7)8)21-29(27)28(26)20-32(30)34(3,4)5;1-8(2)6-5-7-9(3)4;1-2-4-5-3-1;;;/h9-16,18,20-21H,17H2,1-8H3;8-9H,6-7H2,1-4H3;1-3H,4H2;2*1H;/q-1;;-1;;;+2/p-2. The zero-order valence-corrected chi connectivity index (χ0v) is 37.8. The van der Waals surface area contributed by atoms with Gasteiger partial charge >= 0.3 is 79.8 Å². The van der Waals surface area contributed by atoms with Crippen LogP contribution in [0.1, 0.15) is 122 Å². The molecule has 0 spiro atoms. The number of fused-ring (bicyclic) bond motifs is 3. The van der Waals surface area contributed by atoms with E-state index in [0.717, 1.165) is 24.7 Å². The van der Waals surface area contributed by atoms with Gasteiger partial charge in [0.15, 0.2) is 0 Å². The maximum atomic E-state index is 3.91. The van der Waals surface area contributed by atoms with E-state index in [9.17, 15) is 0 Å². The maximum Gasteiger partial charge on any atom is -0.0126 e. The van der Waals surface area contributed by atoms with Crippen molar-refractivity contribution in [3.8, 4) is 33.4 Å². The Morgan fingerprint density at radius 2 is 1.17 bits per heavy atom.